The van der Waals surface area contributed by atoms with Gasteiger partial charge in [-0.05, 0) is 26.0 Å². The summed E-state index contributed by atoms with van der Waals surface area (Å²) in [6.07, 6.45) is -4.44. The number of amides is 1. The highest BCUT2D eigenvalue weighted by atomic mass is 32.2. The highest BCUT2D eigenvalue weighted by Gasteiger charge is 2.29. The zero-order valence-electron chi connectivity index (χ0n) is 15.6. The molecule has 0 aliphatic carbocycles. The van der Waals surface area contributed by atoms with E-state index in [9.17, 15) is 18.0 Å². The number of rotatable bonds is 8. The number of thiazole rings is 1. The van der Waals surface area contributed by atoms with E-state index in [4.69, 9.17) is 0 Å². The Morgan fingerprint density at radius 3 is 2.76 bits per heavy atom. The van der Waals surface area contributed by atoms with Crippen LogP contribution >= 0.6 is 34.9 Å². The summed E-state index contributed by atoms with van der Waals surface area (Å²) >= 11 is 4.24. The van der Waals surface area contributed by atoms with Crippen LogP contribution in [0.1, 0.15) is 19.7 Å². The number of aromatic nitrogens is 4. The molecule has 29 heavy (non-hydrogen) atoms. The smallest absolute Gasteiger partial charge is 0.346 e. The molecule has 0 spiro atoms. The van der Waals surface area contributed by atoms with Gasteiger partial charge in [-0.25, -0.2) is 4.98 Å². The molecule has 6 nitrogen and oxygen atoms in total. The summed E-state index contributed by atoms with van der Waals surface area (Å²) in [7, 11) is 0. The number of carbonyl (C=O) groups is 1. The summed E-state index contributed by atoms with van der Waals surface area (Å²) in [5, 5.41) is 9.98. The van der Waals surface area contributed by atoms with E-state index in [1.165, 1.54) is 0 Å². The molecule has 12 heteroatoms. The molecule has 0 radical (unpaired) electrons. The van der Waals surface area contributed by atoms with E-state index in [1.807, 2.05) is 41.1 Å². The Kier molecular flexibility index (Phi) is 7.06. The van der Waals surface area contributed by atoms with Crippen molar-refractivity contribution in [3.05, 3.63) is 30.1 Å². The third-order valence-corrected chi connectivity index (χ3v) is 7.08. The number of para-hydroxylation sites is 1. The molecule has 0 bridgehead atoms. The van der Waals surface area contributed by atoms with Gasteiger partial charge in [-0.2, -0.15) is 13.2 Å². The van der Waals surface area contributed by atoms with Crippen molar-refractivity contribution in [2.24, 2.45) is 0 Å². The lowest BCUT2D eigenvalue weighted by molar-refractivity contribution is -0.137. The number of thioether (sulfide) groups is 2. The molecule has 3 aromatic rings. The van der Waals surface area contributed by atoms with Crippen molar-refractivity contribution < 1.29 is 18.0 Å². The Morgan fingerprint density at radius 1 is 1.31 bits per heavy atom. The highest BCUT2D eigenvalue weighted by molar-refractivity contribution is 8.00. The van der Waals surface area contributed by atoms with Crippen molar-refractivity contribution in [2.75, 3.05) is 6.54 Å². The first-order chi connectivity index (χ1) is 13.8. The van der Waals surface area contributed by atoms with Crippen LogP contribution in [0.2, 0.25) is 0 Å². The molecule has 3 rings (SSSR count). The Hall–Kier alpha value is -1.79. The highest BCUT2D eigenvalue weighted by Crippen LogP contribution is 2.32. The third-order valence-electron chi connectivity index (χ3n) is 3.82. The Bertz CT molecular complexity index is 955. The first-order valence-electron chi connectivity index (χ1n) is 8.68. The predicted octanol–water partition coefficient (Wildman–Crippen LogP) is 4.36. The van der Waals surface area contributed by atoms with E-state index >= 15 is 0 Å². The van der Waals surface area contributed by atoms with Crippen LogP contribution in [-0.4, -0.2) is 43.6 Å². The van der Waals surface area contributed by atoms with Crippen molar-refractivity contribution in [1.82, 2.24) is 25.1 Å². The molecule has 2 heterocycles. The SMILES string of the molecule is CCn1c(CSc2nc3ccccc3s2)nnc1SC(C)C(=O)NCC(F)(F)F. The summed E-state index contributed by atoms with van der Waals surface area (Å²) in [6, 6.07) is 7.90. The molecule has 156 valence electrons. The summed E-state index contributed by atoms with van der Waals surface area (Å²) in [5.74, 6) is 0.584. The minimum absolute atomic E-state index is 0.502. The Labute approximate surface area is 177 Å². The number of hydrogen-bond acceptors (Lipinski definition) is 7. The fourth-order valence-electron chi connectivity index (χ4n) is 2.41. The van der Waals surface area contributed by atoms with E-state index in [0.717, 1.165) is 32.1 Å². The summed E-state index contributed by atoms with van der Waals surface area (Å²) < 4.78 is 40.7. The van der Waals surface area contributed by atoms with Gasteiger partial charge in [0.15, 0.2) is 9.50 Å². The summed E-state index contributed by atoms with van der Waals surface area (Å²) in [6.45, 7) is 2.71. The van der Waals surface area contributed by atoms with Gasteiger partial charge < -0.3 is 9.88 Å². The normalized spacial score (nSPS) is 13.0. The molecule has 1 unspecified atom stereocenters. The molecule has 0 aliphatic heterocycles. The lowest BCUT2D eigenvalue weighted by atomic mass is 10.3. The van der Waals surface area contributed by atoms with Crippen LogP contribution in [0.5, 0.6) is 0 Å². The van der Waals surface area contributed by atoms with Crippen LogP contribution in [-0.2, 0) is 17.1 Å². The second-order valence-electron chi connectivity index (χ2n) is 5.97. The quantitative estimate of drug-likeness (QED) is 0.503. The minimum Gasteiger partial charge on any atom is -0.346 e. The number of fused-ring (bicyclic) bond motifs is 1. The molecule has 1 aromatic carbocycles. The number of alkyl halides is 3. The molecule has 1 N–H and O–H groups in total. The van der Waals surface area contributed by atoms with Crippen molar-refractivity contribution in [3.8, 4) is 0 Å². The molecule has 0 saturated carbocycles. The van der Waals surface area contributed by atoms with Crippen LogP contribution < -0.4 is 5.32 Å². The van der Waals surface area contributed by atoms with E-state index < -0.39 is 23.9 Å². The minimum atomic E-state index is -4.44. The van der Waals surface area contributed by atoms with Crippen LogP contribution in [0.3, 0.4) is 0 Å². The number of benzene rings is 1. The molecular formula is C17H18F3N5OS3. The van der Waals surface area contributed by atoms with Gasteiger partial charge in [0.2, 0.25) is 5.91 Å². The van der Waals surface area contributed by atoms with E-state index in [0.29, 0.717) is 17.5 Å². The van der Waals surface area contributed by atoms with Crippen molar-refractivity contribution >= 4 is 51.0 Å². The van der Waals surface area contributed by atoms with Crippen molar-refractivity contribution in [2.45, 2.75) is 47.1 Å². The number of nitrogens with zero attached hydrogens (tertiary/aromatic N) is 4. The topological polar surface area (TPSA) is 72.7 Å². The number of carbonyl (C=O) groups excluding carboxylic acids is 1. The number of hydrogen-bond donors (Lipinski definition) is 1. The lowest BCUT2D eigenvalue weighted by Crippen LogP contribution is -2.38. The van der Waals surface area contributed by atoms with Crippen molar-refractivity contribution in [1.29, 1.82) is 0 Å². The van der Waals surface area contributed by atoms with Crippen LogP contribution in [0.15, 0.2) is 33.8 Å². The van der Waals surface area contributed by atoms with Crippen LogP contribution in [0.25, 0.3) is 10.2 Å². The number of halogens is 3. The zero-order valence-corrected chi connectivity index (χ0v) is 18.0. The first kappa shape index (κ1) is 21.9. The second kappa shape index (κ2) is 9.35. The monoisotopic (exact) mass is 461 g/mol. The molecule has 2 aromatic heterocycles. The van der Waals surface area contributed by atoms with Gasteiger partial charge in [-0.3, -0.25) is 4.79 Å². The van der Waals surface area contributed by atoms with Crippen LogP contribution in [0.4, 0.5) is 13.2 Å². The van der Waals surface area contributed by atoms with E-state index in [1.54, 1.807) is 30.0 Å². The molecule has 1 atom stereocenters. The molecule has 0 fully saturated rings. The predicted molar refractivity (Wildman–Crippen MR) is 109 cm³/mol. The van der Waals surface area contributed by atoms with Crippen LogP contribution in [0, 0.1) is 0 Å². The maximum Gasteiger partial charge on any atom is 0.405 e. The van der Waals surface area contributed by atoms with E-state index in [2.05, 4.69) is 15.2 Å². The van der Waals surface area contributed by atoms with Gasteiger partial charge >= 0.3 is 6.18 Å². The van der Waals surface area contributed by atoms with Gasteiger partial charge in [0.25, 0.3) is 0 Å². The standard InChI is InChI=1S/C17H18F3N5OS3/c1-3-25-13(8-27-16-22-11-6-4-5-7-12(11)29-16)23-24-15(25)28-10(2)14(26)21-9-17(18,19)20/h4-7,10H,3,8-9H2,1-2H3,(H,21,26). The Balaban J connectivity index is 1.62. The fraction of sp³-hybridized carbons (Fsp3) is 0.412. The van der Waals surface area contributed by atoms with Gasteiger partial charge in [0, 0.05) is 6.54 Å². The largest absolute Gasteiger partial charge is 0.405 e. The fourth-order valence-corrected chi connectivity index (χ4v) is 5.38. The molecule has 0 aliphatic rings. The van der Waals surface area contributed by atoms with Gasteiger partial charge in [-0.15, -0.1) is 21.5 Å². The molecule has 1 amide bonds. The summed E-state index contributed by atoms with van der Waals surface area (Å²) in [4.78, 5) is 16.5. The maximum atomic E-state index is 12.3. The molecule has 0 saturated heterocycles. The average molecular weight is 462 g/mol. The maximum absolute atomic E-state index is 12.3. The van der Waals surface area contributed by atoms with E-state index in [-0.39, 0.29) is 0 Å². The average Bonchev–Trinajstić information content (AvgIpc) is 3.26. The van der Waals surface area contributed by atoms with Crippen molar-refractivity contribution in [3.63, 3.8) is 0 Å². The van der Waals surface area contributed by atoms with Gasteiger partial charge in [0.05, 0.1) is 21.2 Å². The zero-order chi connectivity index (χ0) is 21.0. The van der Waals surface area contributed by atoms with Gasteiger partial charge in [-0.1, -0.05) is 35.7 Å². The lowest BCUT2D eigenvalue weighted by Gasteiger charge is -2.13. The summed E-state index contributed by atoms with van der Waals surface area (Å²) in [5.41, 5.74) is 0.951. The Morgan fingerprint density at radius 2 is 2.07 bits per heavy atom. The number of nitrogens with one attached hydrogen (secondary N) is 1. The first-order valence-corrected chi connectivity index (χ1v) is 11.4. The van der Waals surface area contributed by atoms with Gasteiger partial charge in [0.1, 0.15) is 12.4 Å². The second-order valence-corrected chi connectivity index (χ2v) is 9.53. The molecular weight excluding hydrogens is 443 g/mol. The third kappa shape index (κ3) is 5.86.